The second-order valence-electron chi connectivity index (χ2n) is 5.99. The molecule has 2 nitrogen and oxygen atoms in total. The molecule has 1 atom stereocenters. The number of carbonyl (C=O) groups excluding carboxylic acids is 1. The van der Waals surface area contributed by atoms with Crippen molar-refractivity contribution in [1.82, 2.24) is 5.32 Å². The van der Waals surface area contributed by atoms with E-state index in [-0.39, 0.29) is 17.2 Å². The summed E-state index contributed by atoms with van der Waals surface area (Å²) in [6, 6.07) is 7.87. The van der Waals surface area contributed by atoms with Crippen LogP contribution in [0.15, 0.2) is 29.2 Å². The van der Waals surface area contributed by atoms with E-state index in [1.165, 1.54) is 0 Å². The Morgan fingerprint density at radius 1 is 1.14 bits per heavy atom. The van der Waals surface area contributed by atoms with Gasteiger partial charge in [0.25, 0.3) is 0 Å². The highest BCUT2D eigenvalue weighted by Gasteiger charge is 2.24. The van der Waals surface area contributed by atoms with Gasteiger partial charge in [-0.05, 0) is 42.5 Å². The maximum absolute atomic E-state index is 12.5. The average molecular weight is 328 g/mol. The monoisotopic (exact) mass is 327 g/mol. The third-order valence-electron chi connectivity index (χ3n) is 3.50. The molecule has 4 heteroatoms. The number of hydrogen-bond donors (Lipinski definition) is 1. The van der Waals surface area contributed by atoms with Gasteiger partial charge in [0.1, 0.15) is 0 Å². The van der Waals surface area contributed by atoms with E-state index in [0.717, 1.165) is 16.3 Å². The smallest absolute Gasteiger partial charge is 0.233 e. The van der Waals surface area contributed by atoms with Crippen molar-refractivity contribution in [2.75, 3.05) is 0 Å². The molecule has 1 rings (SSSR count). The first kappa shape index (κ1) is 18.4. The van der Waals surface area contributed by atoms with Crippen molar-refractivity contribution in [2.24, 2.45) is 11.8 Å². The zero-order valence-corrected chi connectivity index (χ0v) is 15.1. The van der Waals surface area contributed by atoms with E-state index < -0.39 is 0 Å². The summed E-state index contributed by atoms with van der Waals surface area (Å²) in [4.78, 5) is 13.6. The molecule has 21 heavy (non-hydrogen) atoms. The molecule has 1 aromatic carbocycles. The number of rotatable bonds is 7. The van der Waals surface area contributed by atoms with Gasteiger partial charge < -0.3 is 5.32 Å². The summed E-state index contributed by atoms with van der Waals surface area (Å²) in [7, 11) is 0. The first-order valence-corrected chi connectivity index (χ1v) is 8.83. The summed E-state index contributed by atoms with van der Waals surface area (Å²) in [6.07, 6.45) is 0.808. The Bertz CT molecular complexity index is 437. The maximum atomic E-state index is 12.5. The molecule has 1 amide bonds. The lowest BCUT2D eigenvalue weighted by Crippen LogP contribution is -2.45. The summed E-state index contributed by atoms with van der Waals surface area (Å²) >= 11 is 7.49. The Morgan fingerprint density at radius 3 is 2.10 bits per heavy atom. The molecule has 0 saturated carbocycles. The minimum atomic E-state index is -0.0637. The summed E-state index contributed by atoms with van der Waals surface area (Å²) < 4.78 is 0. The van der Waals surface area contributed by atoms with E-state index in [0.29, 0.717) is 11.8 Å². The fourth-order valence-corrected chi connectivity index (χ4v) is 3.45. The molecule has 1 unspecified atom stereocenters. The topological polar surface area (TPSA) is 29.1 Å². The van der Waals surface area contributed by atoms with Gasteiger partial charge in [-0.3, -0.25) is 4.79 Å². The van der Waals surface area contributed by atoms with Crippen molar-refractivity contribution in [3.63, 3.8) is 0 Å². The largest absolute Gasteiger partial charge is 0.352 e. The van der Waals surface area contributed by atoms with Crippen LogP contribution in [-0.4, -0.2) is 17.2 Å². The Kier molecular flexibility index (Phi) is 7.61. The van der Waals surface area contributed by atoms with E-state index in [1.807, 2.05) is 31.2 Å². The Labute approximate surface area is 138 Å². The molecule has 0 radical (unpaired) electrons. The van der Waals surface area contributed by atoms with Gasteiger partial charge in [-0.2, -0.15) is 0 Å². The summed E-state index contributed by atoms with van der Waals surface area (Å²) in [5, 5.41) is 3.87. The van der Waals surface area contributed by atoms with Crippen LogP contribution in [-0.2, 0) is 4.79 Å². The maximum Gasteiger partial charge on any atom is 0.233 e. The molecule has 0 aliphatic carbocycles. The van der Waals surface area contributed by atoms with Crippen LogP contribution < -0.4 is 5.32 Å². The second-order valence-corrected chi connectivity index (χ2v) is 7.70. The summed E-state index contributed by atoms with van der Waals surface area (Å²) in [6.45, 7) is 10.7. The predicted octanol–water partition coefficient (Wildman–Crippen LogP) is 5.01. The fraction of sp³-hybridized carbons (Fsp3) is 0.588. The normalized spacial score (nSPS) is 13.0. The predicted molar refractivity (Wildman–Crippen MR) is 93.0 cm³/mol. The van der Waals surface area contributed by atoms with E-state index in [2.05, 4.69) is 33.0 Å². The number of benzene rings is 1. The van der Waals surface area contributed by atoms with Crippen molar-refractivity contribution >= 4 is 29.3 Å². The molecule has 0 spiro atoms. The van der Waals surface area contributed by atoms with Crippen molar-refractivity contribution in [3.05, 3.63) is 29.3 Å². The number of thioether (sulfide) groups is 1. The number of amides is 1. The van der Waals surface area contributed by atoms with E-state index in [4.69, 9.17) is 11.6 Å². The van der Waals surface area contributed by atoms with Crippen LogP contribution in [0.5, 0.6) is 0 Å². The second kappa shape index (κ2) is 8.70. The van der Waals surface area contributed by atoms with Crippen LogP contribution in [0.25, 0.3) is 0 Å². The van der Waals surface area contributed by atoms with Gasteiger partial charge in [0.15, 0.2) is 0 Å². The Morgan fingerprint density at radius 2 is 1.67 bits per heavy atom. The number of halogens is 1. The standard InChI is InChI=1S/C17H26ClNOS/c1-6-15(21-14-9-7-13(18)8-10-14)17(20)19-16(11(2)3)12(4)5/h7-12,15-16H,6H2,1-5H3,(H,19,20). The molecule has 0 aliphatic heterocycles. The molecular weight excluding hydrogens is 302 g/mol. The SMILES string of the molecule is CCC(Sc1ccc(Cl)cc1)C(=O)NC(C(C)C)C(C)C. The van der Waals surface area contributed by atoms with Gasteiger partial charge in [0.05, 0.1) is 5.25 Å². The quantitative estimate of drug-likeness (QED) is 0.713. The van der Waals surface area contributed by atoms with Crippen LogP contribution in [0.1, 0.15) is 41.0 Å². The van der Waals surface area contributed by atoms with Crippen LogP contribution in [0.4, 0.5) is 0 Å². The number of hydrogen-bond acceptors (Lipinski definition) is 2. The number of nitrogens with one attached hydrogen (secondary N) is 1. The van der Waals surface area contributed by atoms with Gasteiger partial charge in [0.2, 0.25) is 5.91 Å². The molecule has 0 bridgehead atoms. The van der Waals surface area contributed by atoms with Crippen LogP contribution in [0.2, 0.25) is 5.02 Å². The Balaban J connectivity index is 2.70. The van der Waals surface area contributed by atoms with E-state index in [9.17, 15) is 4.79 Å². The zero-order chi connectivity index (χ0) is 16.0. The summed E-state index contributed by atoms with van der Waals surface area (Å²) in [5.41, 5.74) is 0. The highest BCUT2D eigenvalue weighted by molar-refractivity contribution is 8.00. The highest BCUT2D eigenvalue weighted by atomic mass is 35.5. The van der Waals surface area contributed by atoms with Crippen molar-refractivity contribution in [1.29, 1.82) is 0 Å². The average Bonchev–Trinajstić information content (AvgIpc) is 2.43. The Hall–Kier alpha value is -0.670. The summed E-state index contributed by atoms with van der Waals surface area (Å²) in [5.74, 6) is 1.00. The third-order valence-corrected chi connectivity index (χ3v) is 5.13. The van der Waals surface area contributed by atoms with Gasteiger partial charge >= 0.3 is 0 Å². The lowest BCUT2D eigenvalue weighted by Gasteiger charge is -2.28. The third kappa shape index (κ3) is 5.91. The van der Waals surface area contributed by atoms with E-state index >= 15 is 0 Å². The lowest BCUT2D eigenvalue weighted by molar-refractivity contribution is -0.122. The molecule has 0 saturated heterocycles. The zero-order valence-electron chi connectivity index (χ0n) is 13.5. The molecule has 118 valence electrons. The van der Waals surface area contributed by atoms with Crippen LogP contribution >= 0.6 is 23.4 Å². The first-order valence-electron chi connectivity index (χ1n) is 7.57. The molecule has 1 aromatic rings. The van der Waals surface area contributed by atoms with Crippen molar-refractivity contribution < 1.29 is 4.79 Å². The molecule has 0 aliphatic rings. The van der Waals surface area contributed by atoms with Gasteiger partial charge in [-0.15, -0.1) is 11.8 Å². The molecule has 0 heterocycles. The van der Waals surface area contributed by atoms with Gasteiger partial charge in [-0.25, -0.2) is 0 Å². The molecule has 1 N–H and O–H groups in total. The minimum Gasteiger partial charge on any atom is -0.352 e. The van der Waals surface area contributed by atoms with E-state index in [1.54, 1.807) is 11.8 Å². The van der Waals surface area contributed by atoms with Crippen molar-refractivity contribution in [3.8, 4) is 0 Å². The van der Waals surface area contributed by atoms with Crippen molar-refractivity contribution in [2.45, 2.75) is 57.2 Å². The molecular formula is C17H26ClNOS. The van der Waals surface area contributed by atoms with Crippen LogP contribution in [0.3, 0.4) is 0 Å². The number of carbonyl (C=O) groups is 1. The highest BCUT2D eigenvalue weighted by Crippen LogP contribution is 2.27. The van der Waals surface area contributed by atoms with Crippen LogP contribution in [0, 0.1) is 11.8 Å². The van der Waals surface area contributed by atoms with Gasteiger partial charge in [-0.1, -0.05) is 46.2 Å². The van der Waals surface area contributed by atoms with Gasteiger partial charge in [0, 0.05) is 16.0 Å². The fourth-order valence-electron chi connectivity index (χ4n) is 2.36. The lowest BCUT2D eigenvalue weighted by atomic mass is 9.93. The first-order chi connectivity index (χ1) is 9.85. The molecule has 0 aromatic heterocycles. The molecule has 0 fully saturated rings. The minimum absolute atomic E-state index is 0.0637.